The molecular weight excluding hydrogens is 463 g/mol. The average molecular weight is 482 g/mol. The van der Waals surface area contributed by atoms with E-state index < -0.39 is 27.0 Å². The molecule has 1 radical (unpaired) electrons. The molecule has 0 heterocycles. The molecule has 0 unspecified atom stereocenters. The van der Waals surface area contributed by atoms with Crippen LogP contribution in [0.1, 0.15) is 0 Å². The molecular formula is C22H18NaO7S2. The van der Waals surface area contributed by atoms with E-state index in [1.165, 1.54) is 12.1 Å². The van der Waals surface area contributed by atoms with Crippen molar-refractivity contribution in [2.75, 3.05) is 6.79 Å². The van der Waals surface area contributed by atoms with Crippen molar-refractivity contribution >= 4 is 78.1 Å². The van der Waals surface area contributed by atoms with Crippen molar-refractivity contribution < 1.29 is 30.0 Å². The molecule has 4 aromatic carbocycles. The Balaban J connectivity index is 0.00000118. The summed E-state index contributed by atoms with van der Waals surface area (Å²) in [5, 5.41) is 2.40. The summed E-state index contributed by atoms with van der Waals surface area (Å²) in [4.78, 5) is 7.89. The van der Waals surface area contributed by atoms with Gasteiger partial charge in [-0.3, -0.25) is 0 Å². The van der Waals surface area contributed by atoms with Gasteiger partial charge in [0.15, 0.2) is 6.79 Å². The minimum atomic E-state index is -4.22. The van der Waals surface area contributed by atoms with E-state index in [0.717, 1.165) is 10.8 Å². The Morgan fingerprint density at radius 2 is 0.906 bits per heavy atom. The van der Waals surface area contributed by atoms with Gasteiger partial charge < -0.3 is 4.79 Å². The number of rotatable bonds is 6. The molecule has 10 heteroatoms. The molecule has 0 aromatic heterocycles. The molecule has 0 saturated heterocycles. The van der Waals surface area contributed by atoms with E-state index >= 15 is 0 Å². The van der Waals surface area contributed by atoms with Gasteiger partial charge in [0.1, 0.15) is 16.6 Å². The Morgan fingerprint density at radius 1 is 0.562 bits per heavy atom. The van der Waals surface area contributed by atoms with Crippen LogP contribution in [0.15, 0.2) is 94.7 Å². The Morgan fingerprint density at radius 3 is 1.31 bits per heavy atom. The predicted octanol–water partition coefficient (Wildman–Crippen LogP) is 3.50. The number of carbonyl (C=O) groups is 1. The molecule has 0 spiro atoms. The van der Waals surface area contributed by atoms with Crippen LogP contribution < -0.4 is 0 Å². The van der Waals surface area contributed by atoms with Gasteiger partial charge in [-0.25, -0.2) is 8.37 Å². The fourth-order valence-corrected chi connectivity index (χ4v) is 5.17. The molecule has 4 rings (SSSR count). The Hall–Kier alpha value is -2.11. The fraction of sp³-hybridized carbons (Fsp3) is 0.0455. The standard InChI is InChI=1S/C21H16O6S2.CH2O.Na/c22-28(23,20-13-5-9-16-7-1-3-11-18(16)20)26-15-27-29(24,25)21-14-6-10-17-8-2-4-12-19(17)21;1-2;/h1-14H,15H2;1H2;. The van der Waals surface area contributed by atoms with Gasteiger partial charge in [-0.15, -0.1) is 0 Å². The molecule has 0 bridgehead atoms. The summed E-state index contributed by atoms with van der Waals surface area (Å²) < 4.78 is 60.1. The molecule has 0 saturated carbocycles. The van der Waals surface area contributed by atoms with Gasteiger partial charge in [0.05, 0.1) is 0 Å². The molecule has 0 aliphatic heterocycles. The van der Waals surface area contributed by atoms with Crippen molar-refractivity contribution in [3.8, 4) is 0 Å². The van der Waals surface area contributed by atoms with Crippen LogP contribution in [0.5, 0.6) is 0 Å². The van der Waals surface area contributed by atoms with Gasteiger partial charge in [-0.05, 0) is 22.9 Å². The van der Waals surface area contributed by atoms with Crippen LogP contribution in [-0.4, -0.2) is 60.0 Å². The van der Waals surface area contributed by atoms with E-state index in [1.807, 2.05) is 6.79 Å². The van der Waals surface area contributed by atoms with Crippen molar-refractivity contribution in [3.05, 3.63) is 84.9 Å². The third kappa shape index (κ3) is 5.62. The minimum Gasteiger partial charge on any atom is -0.307 e. The maximum absolute atomic E-state index is 12.6. The van der Waals surface area contributed by atoms with Crippen LogP contribution in [0.25, 0.3) is 21.5 Å². The van der Waals surface area contributed by atoms with Gasteiger partial charge in [0.25, 0.3) is 20.2 Å². The molecule has 7 nitrogen and oxygen atoms in total. The molecule has 161 valence electrons. The number of carbonyl (C=O) groups excluding carboxylic acids is 1. The van der Waals surface area contributed by atoms with Crippen molar-refractivity contribution in [2.24, 2.45) is 0 Å². The van der Waals surface area contributed by atoms with Crippen LogP contribution in [0.3, 0.4) is 0 Å². The van der Waals surface area contributed by atoms with E-state index in [2.05, 4.69) is 0 Å². The summed E-state index contributed by atoms with van der Waals surface area (Å²) in [7, 11) is -8.45. The van der Waals surface area contributed by atoms with Crippen LogP contribution >= 0.6 is 0 Å². The zero-order valence-corrected chi connectivity index (χ0v) is 20.8. The summed E-state index contributed by atoms with van der Waals surface area (Å²) in [5.41, 5.74) is 0. The quantitative estimate of drug-likeness (QED) is 0.236. The van der Waals surface area contributed by atoms with Gasteiger partial charge in [0, 0.05) is 40.3 Å². The van der Waals surface area contributed by atoms with E-state index in [9.17, 15) is 16.8 Å². The summed E-state index contributed by atoms with van der Waals surface area (Å²) in [6.45, 7) is 1.04. The fourth-order valence-electron chi connectivity index (χ4n) is 3.10. The maximum atomic E-state index is 12.6. The van der Waals surface area contributed by atoms with E-state index in [-0.39, 0.29) is 39.3 Å². The molecule has 4 aromatic rings. The van der Waals surface area contributed by atoms with Gasteiger partial charge in [0.2, 0.25) is 0 Å². The van der Waals surface area contributed by atoms with Crippen LogP contribution in [0.2, 0.25) is 0 Å². The average Bonchev–Trinajstić information content (AvgIpc) is 2.79. The third-order valence-corrected chi connectivity index (χ3v) is 7.05. The Kier molecular flexibility index (Phi) is 9.11. The van der Waals surface area contributed by atoms with Crippen molar-refractivity contribution in [2.45, 2.75) is 9.79 Å². The first-order chi connectivity index (χ1) is 14.9. The molecule has 0 aliphatic rings. The topological polar surface area (TPSA) is 104 Å². The second-order valence-corrected chi connectivity index (χ2v) is 9.38. The normalized spacial score (nSPS) is 11.4. The zero-order chi connectivity index (χ0) is 22.5. The predicted molar refractivity (Wildman–Crippen MR) is 122 cm³/mol. The number of benzene rings is 4. The first kappa shape index (κ1) is 26.1. The molecule has 0 fully saturated rings. The monoisotopic (exact) mass is 481 g/mol. The van der Waals surface area contributed by atoms with Crippen LogP contribution in [-0.2, 0) is 33.4 Å². The van der Waals surface area contributed by atoms with Gasteiger partial charge in [-0.1, -0.05) is 72.8 Å². The number of hydrogen-bond acceptors (Lipinski definition) is 7. The van der Waals surface area contributed by atoms with E-state index in [0.29, 0.717) is 10.8 Å². The summed E-state index contributed by atoms with van der Waals surface area (Å²) >= 11 is 0. The second kappa shape index (κ2) is 11.2. The van der Waals surface area contributed by atoms with E-state index in [1.54, 1.807) is 72.8 Å². The van der Waals surface area contributed by atoms with Crippen LogP contribution in [0, 0.1) is 0 Å². The summed E-state index contributed by atoms with van der Waals surface area (Å²) in [6, 6.07) is 23.4. The molecule has 32 heavy (non-hydrogen) atoms. The summed E-state index contributed by atoms with van der Waals surface area (Å²) in [5.74, 6) is 0. The van der Waals surface area contributed by atoms with Crippen LogP contribution in [0.4, 0.5) is 0 Å². The maximum Gasteiger partial charge on any atom is 0.299 e. The third-order valence-electron chi connectivity index (χ3n) is 4.44. The van der Waals surface area contributed by atoms with Gasteiger partial charge in [-0.2, -0.15) is 16.8 Å². The molecule has 0 atom stereocenters. The Labute approximate surface area is 208 Å². The first-order valence-electron chi connectivity index (χ1n) is 8.92. The molecule has 0 amide bonds. The molecule has 0 aliphatic carbocycles. The SMILES string of the molecule is C=O.O=S(=O)(OCOS(=O)(=O)c1cccc2ccccc12)c1cccc2ccccc12.[Na]. The van der Waals surface area contributed by atoms with Gasteiger partial charge >= 0.3 is 0 Å². The number of hydrogen-bond donors (Lipinski definition) is 0. The largest absolute Gasteiger partial charge is 0.307 e. The Bertz CT molecular complexity index is 1320. The first-order valence-corrected chi connectivity index (χ1v) is 11.7. The van der Waals surface area contributed by atoms with Crippen molar-refractivity contribution in [3.63, 3.8) is 0 Å². The van der Waals surface area contributed by atoms with Crippen molar-refractivity contribution in [1.29, 1.82) is 0 Å². The van der Waals surface area contributed by atoms with E-state index in [4.69, 9.17) is 13.2 Å². The molecule has 0 N–H and O–H groups in total. The summed E-state index contributed by atoms with van der Waals surface area (Å²) in [6.07, 6.45) is 0. The minimum absolute atomic E-state index is 0. The number of fused-ring (bicyclic) bond motifs is 2. The zero-order valence-electron chi connectivity index (χ0n) is 17.2. The second-order valence-electron chi connectivity index (χ2n) is 6.22. The van der Waals surface area contributed by atoms with Crippen molar-refractivity contribution in [1.82, 2.24) is 0 Å². The smallest absolute Gasteiger partial charge is 0.299 e.